The van der Waals surface area contributed by atoms with Crippen molar-refractivity contribution in [2.24, 2.45) is 17.8 Å². The Hall–Kier alpha value is -1.98. The van der Waals surface area contributed by atoms with E-state index in [0.717, 1.165) is 5.65 Å². The summed E-state index contributed by atoms with van der Waals surface area (Å²) in [6, 6.07) is 0. The molecule has 0 amide bonds. The maximum atomic E-state index is 5.48. The Morgan fingerprint density at radius 1 is 1.43 bits per heavy atom. The Labute approximate surface area is 80.5 Å². The lowest BCUT2D eigenvalue weighted by molar-refractivity contribution is 0.928. The molecule has 2 heterocycles. The molecule has 2 N–H and O–H groups in total. The van der Waals surface area contributed by atoms with Crippen LogP contribution in [-0.4, -0.2) is 25.4 Å². The van der Waals surface area contributed by atoms with Gasteiger partial charge in [-0.05, 0) is 6.92 Å². The minimum absolute atomic E-state index is 0.454. The van der Waals surface area contributed by atoms with Crippen LogP contribution in [0.15, 0.2) is 17.6 Å². The molecule has 2 rings (SSSR count). The zero-order chi connectivity index (χ0) is 10.1. The average molecular weight is 190 g/mol. The van der Waals surface area contributed by atoms with E-state index in [0.29, 0.717) is 17.2 Å². The highest BCUT2D eigenvalue weighted by Crippen LogP contribution is 2.18. The highest BCUT2D eigenvalue weighted by Gasteiger charge is 2.06. The third-order valence-corrected chi connectivity index (χ3v) is 1.76. The van der Waals surface area contributed by atoms with Crippen molar-refractivity contribution in [1.82, 2.24) is 19.5 Å². The molecule has 0 spiro atoms. The van der Waals surface area contributed by atoms with E-state index in [1.807, 2.05) is 11.6 Å². The lowest BCUT2D eigenvalue weighted by Gasteiger charge is -1.95. The van der Waals surface area contributed by atoms with E-state index in [1.54, 1.807) is 13.3 Å². The molecule has 0 bridgehead atoms. The smallest absolute Gasteiger partial charge is 0.185 e. The van der Waals surface area contributed by atoms with Crippen molar-refractivity contribution < 1.29 is 0 Å². The third kappa shape index (κ3) is 1.30. The van der Waals surface area contributed by atoms with Gasteiger partial charge in [0.1, 0.15) is 6.33 Å². The molecular formula is C8H10N6. The zero-order valence-corrected chi connectivity index (χ0v) is 7.97. The van der Waals surface area contributed by atoms with Crippen LogP contribution in [0.3, 0.4) is 0 Å². The number of amidine groups is 1. The number of nitrogens with two attached hydrogens (primary N) is 1. The van der Waals surface area contributed by atoms with Gasteiger partial charge in [-0.2, -0.15) is 0 Å². The van der Waals surface area contributed by atoms with Crippen LogP contribution in [0.4, 0.5) is 5.82 Å². The molecule has 6 nitrogen and oxygen atoms in total. The highest BCUT2D eigenvalue weighted by molar-refractivity contribution is 5.87. The second-order valence-corrected chi connectivity index (χ2v) is 2.98. The first-order valence-electron chi connectivity index (χ1n) is 4.11. The molecule has 2 aromatic rings. The molecular weight excluding hydrogens is 180 g/mol. The van der Waals surface area contributed by atoms with Crippen LogP contribution in [0.25, 0.3) is 11.2 Å². The minimum atomic E-state index is 0.454. The summed E-state index contributed by atoms with van der Waals surface area (Å²) in [7, 11) is 1.87. The van der Waals surface area contributed by atoms with Crippen LogP contribution in [0.2, 0.25) is 0 Å². The molecule has 6 heteroatoms. The van der Waals surface area contributed by atoms with Crippen molar-refractivity contribution in [1.29, 1.82) is 0 Å². The van der Waals surface area contributed by atoms with Crippen molar-refractivity contribution in [3.05, 3.63) is 12.7 Å². The monoisotopic (exact) mass is 190 g/mol. The lowest BCUT2D eigenvalue weighted by atomic mass is 10.5. The zero-order valence-electron chi connectivity index (χ0n) is 7.97. The number of rotatable bonds is 1. The Morgan fingerprint density at radius 3 is 2.93 bits per heavy atom. The second-order valence-electron chi connectivity index (χ2n) is 2.98. The Bertz CT molecular complexity index is 494. The average Bonchev–Trinajstić information content (AvgIpc) is 2.49. The number of nitrogens with zero attached hydrogens (tertiary/aromatic N) is 5. The number of imidazole rings is 1. The van der Waals surface area contributed by atoms with Crippen LogP contribution in [0.5, 0.6) is 0 Å². The van der Waals surface area contributed by atoms with Crippen LogP contribution in [0, 0.1) is 0 Å². The topological polar surface area (TPSA) is 82.0 Å². The van der Waals surface area contributed by atoms with Crippen LogP contribution < -0.4 is 5.73 Å². The molecule has 0 atom stereocenters. The first kappa shape index (κ1) is 8.61. The van der Waals surface area contributed by atoms with Gasteiger partial charge in [-0.1, -0.05) is 0 Å². The summed E-state index contributed by atoms with van der Waals surface area (Å²) in [6.07, 6.45) is 3.12. The fraction of sp³-hybridized carbons (Fsp3) is 0.250. The number of hydrogen-bond donors (Lipinski definition) is 1. The van der Waals surface area contributed by atoms with Gasteiger partial charge < -0.3 is 10.3 Å². The van der Waals surface area contributed by atoms with Gasteiger partial charge in [0, 0.05) is 7.05 Å². The molecule has 0 aliphatic rings. The molecule has 0 aromatic carbocycles. The largest absolute Gasteiger partial charge is 0.387 e. The molecule has 0 aliphatic heterocycles. The summed E-state index contributed by atoms with van der Waals surface area (Å²) in [5.41, 5.74) is 6.89. The van der Waals surface area contributed by atoms with Gasteiger partial charge in [0.2, 0.25) is 0 Å². The number of aliphatic imine (C=N–C) groups is 1. The number of hydrogen-bond acceptors (Lipinski definition) is 4. The van der Waals surface area contributed by atoms with Crippen LogP contribution in [-0.2, 0) is 7.05 Å². The van der Waals surface area contributed by atoms with E-state index in [1.165, 1.54) is 6.33 Å². The van der Waals surface area contributed by atoms with Gasteiger partial charge in [0.05, 0.1) is 12.2 Å². The maximum absolute atomic E-state index is 5.48. The summed E-state index contributed by atoms with van der Waals surface area (Å²) in [5.74, 6) is 0.964. The van der Waals surface area contributed by atoms with Gasteiger partial charge >= 0.3 is 0 Å². The van der Waals surface area contributed by atoms with Gasteiger partial charge in [-0.3, -0.25) is 0 Å². The summed E-state index contributed by atoms with van der Waals surface area (Å²) < 4.78 is 1.81. The van der Waals surface area contributed by atoms with Gasteiger partial charge in [0.25, 0.3) is 0 Å². The maximum Gasteiger partial charge on any atom is 0.185 e. The molecule has 0 aliphatic carbocycles. The van der Waals surface area contributed by atoms with Gasteiger partial charge in [-0.15, -0.1) is 0 Å². The standard InChI is InChI=1S/C8H10N6/c1-5(9)13-7-6-8(11-3-10-7)14(2)4-12-6/h3-4H,1-2H3,(H2,9,10,11,13). The van der Waals surface area contributed by atoms with E-state index in [-0.39, 0.29) is 0 Å². The Balaban J connectivity index is 2.72. The normalized spacial score (nSPS) is 12.3. The second kappa shape index (κ2) is 3.06. The molecule has 72 valence electrons. The predicted octanol–water partition coefficient (Wildman–Crippen LogP) is 0.372. The molecule has 0 radical (unpaired) electrons. The van der Waals surface area contributed by atoms with Crippen molar-refractivity contribution in [3.63, 3.8) is 0 Å². The molecule has 14 heavy (non-hydrogen) atoms. The first-order valence-corrected chi connectivity index (χ1v) is 4.11. The molecule has 0 saturated heterocycles. The van der Waals surface area contributed by atoms with E-state index in [4.69, 9.17) is 5.73 Å². The van der Waals surface area contributed by atoms with Crippen LogP contribution >= 0.6 is 0 Å². The van der Waals surface area contributed by atoms with Crippen molar-refractivity contribution in [2.45, 2.75) is 6.92 Å². The van der Waals surface area contributed by atoms with E-state index in [9.17, 15) is 0 Å². The Morgan fingerprint density at radius 2 is 2.21 bits per heavy atom. The van der Waals surface area contributed by atoms with Gasteiger partial charge in [-0.25, -0.2) is 19.9 Å². The van der Waals surface area contributed by atoms with Crippen molar-refractivity contribution in [3.8, 4) is 0 Å². The number of fused-ring (bicyclic) bond motifs is 1. The van der Waals surface area contributed by atoms with Gasteiger partial charge in [0.15, 0.2) is 17.0 Å². The minimum Gasteiger partial charge on any atom is -0.387 e. The van der Waals surface area contributed by atoms with E-state index >= 15 is 0 Å². The van der Waals surface area contributed by atoms with Crippen molar-refractivity contribution in [2.75, 3.05) is 0 Å². The summed E-state index contributed by atoms with van der Waals surface area (Å²) in [6.45, 7) is 1.71. The molecule has 0 saturated carbocycles. The number of aryl methyl sites for hydroxylation is 1. The lowest BCUT2D eigenvalue weighted by Crippen LogP contribution is -2.04. The van der Waals surface area contributed by atoms with Crippen LogP contribution in [0.1, 0.15) is 6.92 Å². The number of aromatic nitrogens is 4. The van der Waals surface area contributed by atoms with E-state index in [2.05, 4.69) is 19.9 Å². The SMILES string of the molecule is C/C(N)=N/c1ncnc2c1ncn2C. The Kier molecular flexibility index (Phi) is 1.88. The molecule has 2 aromatic heterocycles. The molecule has 0 fully saturated rings. The highest BCUT2D eigenvalue weighted by atomic mass is 15.1. The first-order chi connectivity index (χ1) is 6.68. The van der Waals surface area contributed by atoms with Crippen molar-refractivity contribution >= 4 is 22.8 Å². The van der Waals surface area contributed by atoms with E-state index < -0.39 is 0 Å². The quantitative estimate of drug-likeness (QED) is 0.520. The fourth-order valence-electron chi connectivity index (χ4n) is 1.18. The summed E-state index contributed by atoms with van der Waals surface area (Å²) in [4.78, 5) is 16.3. The fourth-order valence-corrected chi connectivity index (χ4v) is 1.18. The predicted molar refractivity (Wildman–Crippen MR) is 53.3 cm³/mol. The molecule has 0 unspecified atom stereocenters. The third-order valence-electron chi connectivity index (χ3n) is 1.76. The summed E-state index contributed by atoms with van der Waals surface area (Å²) >= 11 is 0. The summed E-state index contributed by atoms with van der Waals surface area (Å²) in [5, 5.41) is 0.